The molecule has 1 atom stereocenters. The van der Waals surface area contributed by atoms with Crippen LogP contribution in [0.5, 0.6) is 0 Å². The van der Waals surface area contributed by atoms with E-state index in [9.17, 15) is 8.42 Å². The largest absolute Gasteiger partial charge is 0.314 e. The van der Waals surface area contributed by atoms with Crippen LogP contribution in [0.1, 0.15) is 26.7 Å². The molecule has 1 rings (SSSR count). The molecule has 0 saturated heterocycles. The van der Waals surface area contributed by atoms with Crippen molar-refractivity contribution >= 4 is 25.8 Å². The van der Waals surface area contributed by atoms with Crippen LogP contribution in [0, 0.1) is 0 Å². The molecule has 5 heteroatoms. The van der Waals surface area contributed by atoms with Gasteiger partial charge in [-0.05, 0) is 44.5 Å². The summed E-state index contributed by atoms with van der Waals surface area (Å²) in [6, 6.07) is 7.09. The lowest BCUT2D eigenvalue weighted by Gasteiger charge is -2.13. The van der Waals surface area contributed by atoms with E-state index in [0.717, 1.165) is 17.4 Å². The average molecular weight is 334 g/mol. The Bertz CT molecular complexity index is 474. The van der Waals surface area contributed by atoms with E-state index in [-0.39, 0.29) is 11.8 Å². The summed E-state index contributed by atoms with van der Waals surface area (Å²) in [5, 5.41) is 3.29. The summed E-state index contributed by atoms with van der Waals surface area (Å²) >= 11 is 3.29. The lowest BCUT2D eigenvalue weighted by Crippen LogP contribution is -2.28. The van der Waals surface area contributed by atoms with E-state index < -0.39 is 9.84 Å². The lowest BCUT2D eigenvalue weighted by molar-refractivity contribution is 0.525. The van der Waals surface area contributed by atoms with Crippen LogP contribution < -0.4 is 5.32 Å². The molecule has 0 bridgehead atoms. The van der Waals surface area contributed by atoms with Crippen molar-refractivity contribution in [3.05, 3.63) is 28.7 Å². The minimum Gasteiger partial charge on any atom is -0.314 e. The molecule has 1 N–H and O–H groups in total. The summed E-state index contributed by atoms with van der Waals surface area (Å²) in [6.07, 6.45) is 1.69. The maximum absolute atomic E-state index is 12.1. The molecule has 18 heavy (non-hydrogen) atoms. The average Bonchev–Trinajstić information content (AvgIpc) is 2.34. The third kappa shape index (κ3) is 5.08. The van der Waals surface area contributed by atoms with E-state index in [4.69, 9.17) is 0 Å². The van der Waals surface area contributed by atoms with Crippen molar-refractivity contribution in [2.45, 2.75) is 37.6 Å². The monoisotopic (exact) mass is 333 g/mol. The van der Waals surface area contributed by atoms with Gasteiger partial charge in [-0.25, -0.2) is 8.42 Å². The summed E-state index contributed by atoms with van der Waals surface area (Å²) in [6.45, 7) is 5.04. The van der Waals surface area contributed by atoms with Gasteiger partial charge >= 0.3 is 0 Å². The molecule has 0 aliphatic heterocycles. The predicted octanol–water partition coefficient (Wildman–Crippen LogP) is 3.00. The van der Waals surface area contributed by atoms with Crippen LogP contribution in [-0.2, 0) is 9.84 Å². The second-order valence-corrected chi connectivity index (χ2v) is 7.44. The van der Waals surface area contributed by atoms with Gasteiger partial charge in [0, 0.05) is 10.5 Å². The molecule has 1 aromatic rings. The van der Waals surface area contributed by atoms with E-state index in [1.807, 2.05) is 13.0 Å². The minimum atomic E-state index is -3.17. The molecule has 0 fully saturated rings. The SMILES string of the molecule is CCCNC(C)CCS(=O)(=O)c1cccc(Br)c1. The number of sulfone groups is 1. The highest BCUT2D eigenvalue weighted by Gasteiger charge is 2.15. The highest BCUT2D eigenvalue weighted by molar-refractivity contribution is 9.10. The first-order valence-electron chi connectivity index (χ1n) is 6.17. The Labute approximate surface area is 118 Å². The maximum atomic E-state index is 12.1. The summed E-state index contributed by atoms with van der Waals surface area (Å²) in [5.41, 5.74) is 0. The van der Waals surface area contributed by atoms with Crippen LogP contribution in [0.15, 0.2) is 33.6 Å². The zero-order valence-electron chi connectivity index (χ0n) is 10.8. The first-order valence-corrected chi connectivity index (χ1v) is 8.62. The number of hydrogen-bond donors (Lipinski definition) is 1. The smallest absolute Gasteiger partial charge is 0.178 e. The van der Waals surface area contributed by atoms with Gasteiger partial charge in [-0.3, -0.25) is 0 Å². The summed E-state index contributed by atoms with van der Waals surface area (Å²) in [5.74, 6) is 0.182. The zero-order valence-corrected chi connectivity index (χ0v) is 13.2. The summed E-state index contributed by atoms with van der Waals surface area (Å²) in [4.78, 5) is 0.388. The van der Waals surface area contributed by atoms with Gasteiger partial charge in [-0.1, -0.05) is 28.9 Å². The Morgan fingerprint density at radius 1 is 1.39 bits per heavy atom. The van der Waals surface area contributed by atoms with Gasteiger partial charge in [0.05, 0.1) is 10.6 Å². The van der Waals surface area contributed by atoms with Crippen molar-refractivity contribution < 1.29 is 8.42 Å². The molecular formula is C13H20BrNO2S. The van der Waals surface area contributed by atoms with Crippen molar-refractivity contribution in [2.75, 3.05) is 12.3 Å². The molecule has 3 nitrogen and oxygen atoms in total. The Morgan fingerprint density at radius 3 is 2.72 bits per heavy atom. The predicted molar refractivity (Wildman–Crippen MR) is 78.6 cm³/mol. The van der Waals surface area contributed by atoms with E-state index in [0.29, 0.717) is 11.3 Å². The highest BCUT2D eigenvalue weighted by atomic mass is 79.9. The quantitative estimate of drug-likeness (QED) is 0.834. The van der Waals surface area contributed by atoms with Gasteiger partial charge in [-0.15, -0.1) is 0 Å². The van der Waals surface area contributed by atoms with E-state index in [1.54, 1.807) is 18.2 Å². The number of hydrogen-bond acceptors (Lipinski definition) is 3. The molecule has 1 unspecified atom stereocenters. The normalized spacial score (nSPS) is 13.5. The first-order chi connectivity index (χ1) is 8.45. The number of nitrogens with one attached hydrogen (secondary N) is 1. The fourth-order valence-electron chi connectivity index (χ4n) is 1.60. The molecule has 0 radical (unpaired) electrons. The van der Waals surface area contributed by atoms with E-state index in [2.05, 4.69) is 28.2 Å². The number of rotatable bonds is 7. The van der Waals surface area contributed by atoms with E-state index in [1.165, 1.54) is 0 Å². The van der Waals surface area contributed by atoms with Crippen LogP contribution >= 0.6 is 15.9 Å². The highest BCUT2D eigenvalue weighted by Crippen LogP contribution is 2.18. The Morgan fingerprint density at radius 2 is 2.11 bits per heavy atom. The summed E-state index contributed by atoms with van der Waals surface area (Å²) < 4.78 is 25.0. The third-order valence-corrected chi connectivity index (χ3v) is 4.96. The van der Waals surface area contributed by atoms with Crippen LogP contribution in [0.3, 0.4) is 0 Å². The molecule has 0 aliphatic carbocycles. The Kier molecular flexibility index (Phi) is 6.32. The molecule has 0 amide bonds. The molecule has 0 aromatic heterocycles. The first kappa shape index (κ1) is 15.7. The second-order valence-electron chi connectivity index (χ2n) is 4.42. The maximum Gasteiger partial charge on any atom is 0.178 e. The Hall–Kier alpha value is -0.390. The molecule has 0 spiro atoms. The fourth-order valence-corrected chi connectivity index (χ4v) is 3.65. The minimum absolute atomic E-state index is 0.182. The van der Waals surface area contributed by atoms with Crippen molar-refractivity contribution in [1.82, 2.24) is 5.32 Å². The van der Waals surface area contributed by atoms with Gasteiger partial charge in [0.1, 0.15) is 0 Å². The molecular weight excluding hydrogens is 314 g/mol. The fraction of sp³-hybridized carbons (Fsp3) is 0.538. The van der Waals surface area contributed by atoms with E-state index >= 15 is 0 Å². The van der Waals surface area contributed by atoms with Crippen LogP contribution in [0.25, 0.3) is 0 Å². The van der Waals surface area contributed by atoms with Crippen LogP contribution in [-0.4, -0.2) is 26.8 Å². The van der Waals surface area contributed by atoms with Crippen molar-refractivity contribution in [2.24, 2.45) is 0 Å². The van der Waals surface area contributed by atoms with Crippen LogP contribution in [0.4, 0.5) is 0 Å². The van der Waals surface area contributed by atoms with Crippen LogP contribution in [0.2, 0.25) is 0 Å². The number of benzene rings is 1. The lowest BCUT2D eigenvalue weighted by atomic mass is 10.2. The van der Waals surface area contributed by atoms with Gasteiger partial charge < -0.3 is 5.32 Å². The van der Waals surface area contributed by atoms with Gasteiger partial charge in [0.15, 0.2) is 9.84 Å². The van der Waals surface area contributed by atoms with Crippen molar-refractivity contribution in [1.29, 1.82) is 0 Å². The second kappa shape index (κ2) is 7.26. The van der Waals surface area contributed by atoms with Gasteiger partial charge in [0.2, 0.25) is 0 Å². The standard InChI is InChI=1S/C13H20BrNO2S/c1-3-8-15-11(2)7-9-18(16,17)13-6-4-5-12(14)10-13/h4-6,10-11,15H,3,7-9H2,1-2H3. The summed E-state index contributed by atoms with van der Waals surface area (Å²) in [7, 11) is -3.17. The third-order valence-electron chi connectivity index (χ3n) is 2.72. The molecule has 102 valence electrons. The van der Waals surface area contributed by atoms with Gasteiger partial charge in [-0.2, -0.15) is 0 Å². The molecule has 1 aromatic carbocycles. The topological polar surface area (TPSA) is 46.2 Å². The Balaban J connectivity index is 2.60. The van der Waals surface area contributed by atoms with Crippen molar-refractivity contribution in [3.8, 4) is 0 Å². The molecule has 0 heterocycles. The zero-order chi connectivity index (χ0) is 13.6. The van der Waals surface area contributed by atoms with Crippen molar-refractivity contribution in [3.63, 3.8) is 0 Å². The van der Waals surface area contributed by atoms with Gasteiger partial charge in [0.25, 0.3) is 0 Å². The molecule has 0 aliphatic rings. The molecule has 0 saturated carbocycles. The number of halogens is 1.